The van der Waals surface area contributed by atoms with Crippen molar-refractivity contribution in [2.45, 2.75) is 97.6 Å². The first-order valence-corrected chi connectivity index (χ1v) is 8.59. The second-order valence-corrected chi connectivity index (χ2v) is 8.08. The fraction of sp³-hybridized carbons (Fsp3) is 1.00. The molecule has 3 heteroatoms. The highest BCUT2D eigenvalue weighted by molar-refractivity contribution is 6.45. The molecule has 0 aromatic carbocycles. The maximum absolute atomic E-state index is 6.11. The molecule has 0 bridgehead atoms. The van der Waals surface area contributed by atoms with Crippen LogP contribution < -0.4 is 0 Å². The fourth-order valence-electron chi connectivity index (χ4n) is 3.92. The highest BCUT2D eigenvalue weighted by Gasteiger charge is 2.50. The molecule has 0 spiro atoms. The Hall–Kier alpha value is -0.0151. The van der Waals surface area contributed by atoms with Gasteiger partial charge in [0.15, 0.2) is 0 Å². The summed E-state index contributed by atoms with van der Waals surface area (Å²) in [5, 5.41) is 0. The molecule has 0 aromatic rings. The van der Waals surface area contributed by atoms with Gasteiger partial charge in [0.05, 0.1) is 11.2 Å². The van der Waals surface area contributed by atoms with Gasteiger partial charge in [-0.3, -0.25) is 0 Å². The SMILES string of the molecule is CCC1(CC)CCC(CCB2OC(C)(C)C(C)(C)O2)C1. The third kappa shape index (κ3) is 3.09. The molecule has 1 aliphatic carbocycles. The first kappa shape index (κ1) is 16.4. The van der Waals surface area contributed by atoms with Gasteiger partial charge >= 0.3 is 7.12 Å². The van der Waals surface area contributed by atoms with Crippen LogP contribution in [0.4, 0.5) is 0 Å². The van der Waals surface area contributed by atoms with Crippen molar-refractivity contribution < 1.29 is 9.31 Å². The Morgan fingerprint density at radius 3 is 2.00 bits per heavy atom. The first-order chi connectivity index (χ1) is 9.24. The second kappa shape index (κ2) is 5.64. The Morgan fingerprint density at radius 2 is 1.55 bits per heavy atom. The van der Waals surface area contributed by atoms with Crippen molar-refractivity contribution in [3.8, 4) is 0 Å². The highest BCUT2D eigenvalue weighted by Crippen LogP contribution is 2.48. The summed E-state index contributed by atoms with van der Waals surface area (Å²) >= 11 is 0. The summed E-state index contributed by atoms with van der Waals surface area (Å²) < 4.78 is 12.2. The topological polar surface area (TPSA) is 18.5 Å². The van der Waals surface area contributed by atoms with E-state index in [0.717, 1.165) is 12.2 Å². The van der Waals surface area contributed by atoms with Crippen LogP contribution in [0.3, 0.4) is 0 Å². The second-order valence-electron chi connectivity index (χ2n) is 8.08. The Morgan fingerprint density at radius 1 is 1.00 bits per heavy atom. The van der Waals surface area contributed by atoms with Crippen molar-refractivity contribution >= 4 is 7.12 Å². The molecule has 0 amide bonds. The predicted octanol–water partition coefficient (Wildman–Crippen LogP) is 5.08. The molecule has 2 aliphatic rings. The van der Waals surface area contributed by atoms with Crippen LogP contribution in [0.1, 0.15) is 80.1 Å². The summed E-state index contributed by atoms with van der Waals surface area (Å²) in [5.41, 5.74) is 0.286. The summed E-state index contributed by atoms with van der Waals surface area (Å²) in [6.45, 7) is 13.3. The average molecular weight is 280 g/mol. The van der Waals surface area contributed by atoms with E-state index in [2.05, 4.69) is 41.5 Å². The van der Waals surface area contributed by atoms with Crippen LogP contribution in [0, 0.1) is 11.3 Å². The van der Waals surface area contributed by atoms with Gasteiger partial charge < -0.3 is 9.31 Å². The molecule has 1 heterocycles. The minimum absolute atomic E-state index is 0.00162. The summed E-state index contributed by atoms with van der Waals surface area (Å²) in [5.74, 6) is 0.883. The molecule has 0 N–H and O–H groups in total. The minimum Gasteiger partial charge on any atom is -0.403 e. The molecule has 0 radical (unpaired) electrons. The monoisotopic (exact) mass is 280 g/mol. The maximum atomic E-state index is 6.11. The zero-order valence-electron chi connectivity index (χ0n) is 14.4. The molecule has 1 saturated carbocycles. The van der Waals surface area contributed by atoms with E-state index >= 15 is 0 Å². The van der Waals surface area contributed by atoms with E-state index in [9.17, 15) is 0 Å². The van der Waals surface area contributed by atoms with Crippen LogP contribution in [0.25, 0.3) is 0 Å². The molecule has 1 aliphatic heterocycles. The largest absolute Gasteiger partial charge is 0.457 e. The Labute approximate surface area is 126 Å². The zero-order chi connectivity index (χ0) is 15.0. The van der Waals surface area contributed by atoms with Gasteiger partial charge in [0, 0.05) is 0 Å². The first-order valence-electron chi connectivity index (χ1n) is 8.59. The van der Waals surface area contributed by atoms with Crippen LogP contribution in [0.2, 0.25) is 6.32 Å². The highest BCUT2D eigenvalue weighted by atomic mass is 16.7. The van der Waals surface area contributed by atoms with Crippen LogP contribution in [-0.4, -0.2) is 18.3 Å². The van der Waals surface area contributed by atoms with Crippen molar-refractivity contribution in [1.29, 1.82) is 0 Å². The Bertz CT molecular complexity index is 318. The predicted molar refractivity (Wildman–Crippen MR) is 85.9 cm³/mol. The molecule has 2 fully saturated rings. The Balaban J connectivity index is 1.81. The summed E-state index contributed by atoms with van der Waals surface area (Å²) in [6, 6.07) is 0. The zero-order valence-corrected chi connectivity index (χ0v) is 14.4. The molecule has 1 atom stereocenters. The van der Waals surface area contributed by atoms with Gasteiger partial charge in [-0.05, 0) is 64.6 Å². The molecular formula is C17H33BO2. The van der Waals surface area contributed by atoms with Crippen LogP contribution in [0.5, 0.6) is 0 Å². The van der Waals surface area contributed by atoms with Gasteiger partial charge in [0.25, 0.3) is 0 Å². The van der Waals surface area contributed by atoms with E-state index in [1.807, 2.05) is 0 Å². The van der Waals surface area contributed by atoms with Crippen molar-refractivity contribution in [3.05, 3.63) is 0 Å². The lowest BCUT2D eigenvalue weighted by Crippen LogP contribution is -2.41. The lowest BCUT2D eigenvalue weighted by molar-refractivity contribution is 0.00578. The van der Waals surface area contributed by atoms with Gasteiger partial charge in [0.1, 0.15) is 0 Å². The van der Waals surface area contributed by atoms with E-state index in [0.29, 0.717) is 5.41 Å². The molecule has 1 unspecified atom stereocenters. The maximum Gasteiger partial charge on any atom is 0.457 e. The molecule has 116 valence electrons. The standard InChI is InChI=1S/C17H33BO2/c1-7-17(8-2)11-9-14(13-17)10-12-18-19-15(3,4)16(5,6)20-18/h14H,7-13H2,1-6H3. The summed E-state index contributed by atoms with van der Waals surface area (Å²) in [4.78, 5) is 0. The lowest BCUT2D eigenvalue weighted by Gasteiger charge is -2.32. The Kier molecular flexibility index (Phi) is 4.62. The van der Waals surface area contributed by atoms with Gasteiger partial charge in [-0.15, -0.1) is 0 Å². The van der Waals surface area contributed by atoms with E-state index in [1.54, 1.807) is 0 Å². The fourth-order valence-corrected chi connectivity index (χ4v) is 3.92. The molecule has 20 heavy (non-hydrogen) atoms. The van der Waals surface area contributed by atoms with Gasteiger partial charge in [-0.25, -0.2) is 0 Å². The molecule has 2 nitrogen and oxygen atoms in total. The van der Waals surface area contributed by atoms with Gasteiger partial charge in [-0.1, -0.05) is 33.1 Å². The molecular weight excluding hydrogens is 247 g/mol. The molecule has 1 saturated heterocycles. The smallest absolute Gasteiger partial charge is 0.403 e. The van der Waals surface area contributed by atoms with Gasteiger partial charge in [0.2, 0.25) is 0 Å². The lowest BCUT2D eigenvalue weighted by atomic mass is 9.76. The number of hydrogen-bond donors (Lipinski definition) is 0. The van der Waals surface area contributed by atoms with Crippen LogP contribution in [0.15, 0.2) is 0 Å². The van der Waals surface area contributed by atoms with E-state index in [1.165, 1.54) is 38.5 Å². The van der Waals surface area contributed by atoms with Crippen LogP contribution in [-0.2, 0) is 9.31 Å². The van der Waals surface area contributed by atoms with Crippen LogP contribution >= 0.6 is 0 Å². The van der Waals surface area contributed by atoms with E-state index in [4.69, 9.17) is 9.31 Å². The van der Waals surface area contributed by atoms with E-state index < -0.39 is 0 Å². The van der Waals surface area contributed by atoms with E-state index in [-0.39, 0.29) is 18.3 Å². The third-order valence-electron chi connectivity index (χ3n) is 6.42. The quantitative estimate of drug-likeness (QED) is 0.654. The van der Waals surface area contributed by atoms with Crippen molar-refractivity contribution in [2.75, 3.05) is 0 Å². The summed E-state index contributed by atoms with van der Waals surface area (Å²) in [7, 11) is -0.00162. The van der Waals surface area contributed by atoms with Crippen molar-refractivity contribution in [2.24, 2.45) is 11.3 Å². The average Bonchev–Trinajstić information content (AvgIpc) is 2.87. The van der Waals surface area contributed by atoms with Crippen molar-refractivity contribution in [3.63, 3.8) is 0 Å². The normalized spacial score (nSPS) is 30.9. The summed E-state index contributed by atoms with van der Waals surface area (Å²) in [6.07, 6.45) is 9.25. The van der Waals surface area contributed by atoms with Gasteiger partial charge in [-0.2, -0.15) is 0 Å². The number of hydrogen-bond acceptors (Lipinski definition) is 2. The third-order valence-corrected chi connectivity index (χ3v) is 6.42. The molecule has 2 rings (SSSR count). The number of rotatable bonds is 5. The minimum atomic E-state index is -0.177. The molecule has 0 aromatic heterocycles. The van der Waals surface area contributed by atoms with Crippen molar-refractivity contribution in [1.82, 2.24) is 0 Å².